The van der Waals surface area contributed by atoms with Gasteiger partial charge in [-0.15, -0.1) is 0 Å². The lowest BCUT2D eigenvalue weighted by Crippen LogP contribution is -2.40. The summed E-state index contributed by atoms with van der Waals surface area (Å²) in [6, 6.07) is 12.2. The topological polar surface area (TPSA) is 180 Å². The molecule has 0 radical (unpaired) electrons. The predicted molar refractivity (Wildman–Crippen MR) is 244 cm³/mol. The number of carbonyl (C=O) groups excluding carboxylic acids is 1. The van der Waals surface area contributed by atoms with E-state index in [0.717, 1.165) is 23.8 Å². The van der Waals surface area contributed by atoms with Gasteiger partial charge >= 0.3 is 11.4 Å². The minimum Gasteiger partial charge on any atom is -0.387 e. The van der Waals surface area contributed by atoms with Gasteiger partial charge in [0.25, 0.3) is 5.91 Å². The standard InChI is InChI=1S/C47H52FN10O6P/c1-7-65(62,8-2)37-10-9-31(25-36(37)49-6)55-19-20-57(46(55)61)42-39-29(5)54(17-12-35(39)52-58(42)32-23-27(3)40(48)28(4)24-32)43(59)33-26-38-50-34(30-13-21-63-22-14-30)11-18-56(38)41(33)47(15-16-47)44-51-45(60)64-53-44/h9-11,18-20,23-26,29-30,49H,7-8,12-17,21-22H2,1-6H3,(H,51,53,60)/t29-/m0/s1. The number of H-pyrrole nitrogens is 1. The van der Waals surface area contributed by atoms with Gasteiger partial charge in [-0.1, -0.05) is 19.0 Å². The van der Waals surface area contributed by atoms with E-state index < -0.39 is 30.0 Å². The molecule has 1 aliphatic carbocycles. The molecule has 18 heteroatoms. The van der Waals surface area contributed by atoms with Gasteiger partial charge in [-0.3, -0.25) is 23.4 Å². The Morgan fingerprint density at radius 3 is 2.37 bits per heavy atom. The molecule has 7 aromatic rings. The van der Waals surface area contributed by atoms with Crippen molar-refractivity contribution in [2.45, 2.75) is 84.1 Å². The normalized spacial score (nSPS) is 17.5. The first-order chi connectivity index (χ1) is 31.3. The van der Waals surface area contributed by atoms with Crippen molar-refractivity contribution in [1.82, 2.24) is 43.3 Å². The van der Waals surface area contributed by atoms with Crippen LogP contribution in [0.4, 0.5) is 10.1 Å². The van der Waals surface area contributed by atoms with Gasteiger partial charge in [-0.05, 0) is 100 Å². The number of fused-ring (bicyclic) bond motifs is 2. The molecule has 5 aromatic heterocycles. The molecule has 0 spiro atoms. The SMILES string of the molecule is CCP(=O)(CC)c1ccc(-n2ccn(-c3c4c(nn3-c3cc(C)c(F)c(C)c3)CCN(C(=O)c3cc5nc(C6CCOCC6)ccn5c3C3(c5noc(=O)[nH]5)CC3)[C@H]4C)c2=O)cc1NC. The number of rotatable bonds is 11. The number of hydrogen-bond acceptors (Lipinski definition) is 10. The Bertz CT molecular complexity index is 3170. The predicted octanol–water partition coefficient (Wildman–Crippen LogP) is 6.70. The number of imidazole rings is 1. The number of halogens is 1. The van der Waals surface area contributed by atoms with Crippen molar-refractivity contribution in [2.24, 2.45) is 0 Å². The van der Waals surface area contributed by atoms with Crippen molar-refractivity contribution in [3.63, 3.8) is 0 Å². The van der Waals surface area contributed by atoms with Crippen LogP contribution in [0.3, 0.4) is 0 Å². The van der Waals surface area contributed by atoms with Gasteiger partial charge in [0.05, 0.1) is 39.8 Å². The zero-order valence-corrected chi connectivity index (χ0v) is 38.2. The number of benzene rings is 2. The number of carbonyl (C=O) groups is 1. The highest BCUT2D eigenvalue weighted by molar-refractivity contribution is 7.71. The van der Waals surface area contributed by atoms with Crippen LogP contribution in [0.25, 0.3) is 22.8 Å². The van der Waals surface area contributed by atoms with E-state index in [2.05, 4.69) is 15.5 Å². The van der Waals surface area contributed by atoms with Gasteiger partial charge in [-0.2, -0.15) is 5.10 Å². The van der Waals surface area contributed by atoms with Gasteiger partial charge in [-0.25, -0.2) is 23.6 Å². The Labute approximate surface area is 373 Å². The molecule has 338 valence electrons. The number of nitrogens with zero attached hydrogens (tertiary/aromatic N) is 8. The van der Waals surface area contributed by atoms with Gasteiger partial charge < -0.3 is 23.9 Å². The van der Waals surface area contributed by atoms with Crippen LogP contribution in [0.1, 0.15) is 108 Å². The number of ether oxygens (including phenoxy) is 1. The van der Waals surface area contributed by atoms with E-state index >= 15 is 9.18 Å². The zero-order valence-electron chi connectivity index (χ0n) is 37.4. The molecule has 0 bridgehead atoms. The molecule has 2 aromatic carbocycles. The minimum absolute atomic E-state index is 0.223. The molecule has 65 heavy (non-hydrogen) atoms. The number of nitrogens with one attached hydrogen (secondary N) is 2. The second-order valence-electron chi connectivity index (χ2n) is 17.6. The number of aromatic amines is 1. The Kier molecular flexibility index (Phi) is 10.5. The number of amides is 1. The van der Waals surface area contributed by atoms with Crippen LogP contribution in [0.15, 0.2) is 75.2 Å². The highest BCUT2D eigenvalue weighted by atomic mass is 31.2. The Balaban J connectivity index is 1.10. The van der Waals surface area contributed by atoms with Crippen LogP contribution in [-0.2, 0) is 21.1 Å². The summed E-state index contributed by atoms with van der Waals surface area (Å²) in [5.41, 5.74) is 5.53. The highest BCUT2D eigenvalue weighted by Crippen LogP contribution is 2.54. The van der Waals surface area contributed by atoms with Gasteiger partial charge in [0, 0.05) is 92.3 Å². The molecule has 2 N–H and O–H groups in total. The van der Waals surface area contributed by atoms with Crippen molar-refractivity contribution in [3.05, 3.63) is 133 Å². The molecular weight excluding hydrogens is 851 g/mol. The van der Waals surface area contributed by atoms with E-state index in [0.29, 0.717) is 119 Å². The summed E-state index contributed by atoms with van der Waals surface area (Å²) in [5, 5.41) is 13.2. The number of aryl methyl sites for hydroxylation is 2. The van der Waals surface area contributed by atoms with Crippen LogP contribution < -0.4 is 22.1 Å². The minimum atomic E-state index is -2.65. The quantitative estimate of drug-likeness (QED) is 0.133. The molecule has 3 aliphatic rings. The van der Waals surface area contributed by atoms with E-state index in [4.69, 9.17) is 19.3 Å². The maximum atomic E-state index is 15.4. The second kappa shape index (κ2) is 16.0. The fraction of sp³-hybridized carbons (Fsp3) is 0.404. The summed E-state index contributed by atoms with van der Waals surface area (Å²) < 4.78 is 46.3. The fourth-order valence-electron chi connectivity index (χ4n) is 10.2. The summed E-state index contributed by atoms with van der Waals surface area (Å²) in [6.45, 7) is 10.8. The van der Waals surface area contributed by atoms with Crippen molar-refractivity contribution < 1.29 is 23.0 Å². The maximum absolute atomic E-state index is 15.4. The summed E-state index contributed by atoms with van der Waals surface area (Å²) in [5.74, 6) is -0.237. The monoisotopic (exact) mass is 902 g/mol. The third-order valence-electron chi connectivity index (χ3n) is 14.0. The van der Waals surface area contributed by atoms with E-state index in [1.807, 2.05) is 61.7 Å². The smallest absolute Gasteiger partial charge is 0.387 e. The maximum Gasteiger partial charge on any atom is 0.438 e. The van der Waals surface area contributed by atoms with Crippen molar-refractivity contribution >= 4 is 29.7 Å². The average molecular weight is 903 g/mol. The van der Waals surface area contributed by atoms with E-state index in [1.165, 1.54) is 9.13 Å². The Morgan fingerprint density at radius 2 is 1.71 bits per heavy atom. The van der Waals surface area contributed by atoms with E-state index in [9.17, 15) is 14.2 Å². The van der Waals surface area contributed by atoms with Crippen LogP contribution >= 0.6 is 7.14 Å². The fourth-order valence-corrected chi connectivity index (χ4v) is 12.2. The van der Waals surface area contributed by atoms with Crippen LogP contribution in [0.2, 0.25) is 0 Å². The first-order valence-corrected chi connectivity index (χ1v) is 24.5. The van der Waals surface area contributed by atoms with Gasteiger partial charge in [0.2, 0.25) is 0 Å². The molecule has 1 saturated carbocycles. The third kappa shape index (κ3) is 6.84. The third-order valence-corrected chi connectivity index (χ3v) is 17.3. The van der Waals surface area contributed by atoms with Crippen LogP contribution in [-0.4, -0.2) is 88.4 Å². The van der Waals surface area contributed by atoms with Crippen LogP contribution in [0, 0.1) is 19.7 Å². The zero-order chi connectivity index (χ0) is 45.5. The van der Waals surface area contributed by atoms with Crippen molar-refractivity contribution in [1.29, 1.82) is 0 Å². The lowest BCUT2D eigenvalue weighted by atomic mass is 9.94. The molecule has 1 saturated heterocycles. The summed E-state index contributed by atoms with van der Waals surface area (Å²) in [4.78, 5) is 52.2. The number of anilines is 1. The second-order valence-corrected chi connectivity index (χ2v) is 21.1. The van der Waals surface area contributed by atoms with E-state index in [1.54, 1.807) is 55.0 Å². The van der Waals surface area contributed by atoms with Gasteiger partial charge in [0.1, 0.15) is 24.4 Å². The lowest BCUT2D eigenvalue weighted by molar-refractivity contribution is 0.0675. The molecule has 1 amide bonds. The van der Waals surface area contributed by atoms with Crippen molar-refractivity contribution in [2.75, 3.05) is 44.4 Å². The summed E-state index contributed by atoms with van der Waals surface area (Å²) in [6.07, 6.45) is 9.69. The molecule has 0 unspecified atom stereocenters. The largest absolute Gasteiger partial charge is 0.438 e. The molecular formula is C47H52FN10O6P. The van der Waals surface area contributed by atoms with Gasteiger partial charge in [0.15, 0.2) is 5.82 Å². The Morgan fingerprint density at radius 1 is 0.985 bits per heavy atom. The first kappa shape index (κ1) is 42.6. The molecule has 7 heterocycles. The molecule has 10 rings (SSSR count). The summed E-state index contributed by atoms with van der Waals surface area (Å²) >= 11 is 0. The lowest BCUT2D eigenvalue weighted by Gasteiger charge is -2.34. The highest BCUT2D eigenvalue weighted by Gasteiger charge is 2.54. The number of aromatic nitrogens is 8. The molecule has 1 atom stereocenters. The molecule has 16 nitrogen and oxygen atoms in total. The average Bonchev–Trinajstić information content (AvgIpc) is 3.60. The van der Waals surface area contributed by atoms with Crippen LogP contribution in [0.5, 0.6) is 0 Å². The number of hydrogen-bond donors (Lipinski definition) is 2. The summed E-state index contributed by atoms with van der Waals surface area (Å²) in [7, 11) is -0.875. The van der Waals surface area contributed by atoms with Crippen molar-refractivity contribution in [3.8, 4) is 17.2 Å². The Hall–Kier alpha value is -6.32. The molecule has 2 aliphatic heterocycles. The molecule has 2 fully saturated rings. The first-order valence-electron chi connectivity index (χ1n) is 22.4. The van der Waals surface area contributed by atoms with E-state index in [-0.39, 0.29) is 17.6 Å².